The van der Waals surface area contributed by atoms with E-state index in [1.807, 2.05) is 29.2 Å². The number of anilines is 1. The molecule has 0 unspecified atom stereocenters. The van der Waals surface area contributed by atoms with E-state index in [0.29, 0.717) is 24.5 Å². The molecule has 2 amide bonds. The van der Waals surface area contributed by atoms with Crippen LogP contribution in [-0.2, 0) is 11.3 Å². The van der Waals surface area contributed by atoms with Gasteiger partial charge in [0.05, 0.1) is 11.4 Å². The van der Waals surface area contributed by atoms with Gasteiger partial charge in [-0.05, 0) is 24.3 Å². The minimum Gasteiger partial charge on any atom is -0.351 e. The normalized spacial score (nSPS) is 14.6. The summed E-state index contributed by atoms with van der Waals surface area (Å²) in [5.41, 5.74) is 0.918. The SMILES string of the molecule is CC(=O)NCc1ccc(C(=O)N2CCN(c3nc4cccnc4s3)CC2)s1. The van der Waals surface area contributed by atoms with E-state index in [2.05, 4.69) is 20.2 Å². The van der Waals surface area contributed by atoms with Crippen LogP contribution in [-0.4, -0.2) is 52.9 Å². The van der Waals surface area contributed by atoms with Crippen molar-refractivity contribution < 1.29 is 9.59 Å². The molecule has 1 aliphatic heterocycles. The number of nitrogens with one attached hydrogen (secondary N) is 1. The van der Waals surface area contributed by atoms with Crippen LogP contribution in [0.2, 0.25) is 0 Å². The second-order valence-electron chi connectivity index (χ2n) is 6.28. The fourth-order valence-electron chi connectivity index (χ4n) is 2.95. The lowest BCUT2D eigenvalue weighted by molar-refractivity contribution is -0.119. The molecule has 4 heterocycles. The van der Waals surface area contributed by atoms with E-state index in [0.717, 1.165) is 33.4 Å². The van der Waals surface area contributed by atoms with Crippen molar-refractivity contribution in [3.63, 3.8) is 0 Å². The number of hydrogen-bond acceptors (Lipinski definition) is 7. The Hall–Kier alpha value is -2.52. The average molecular weight is 402 g/mol. The molecule has 9 heteroatoms. The van der Waals surface area contributed by atoms with Crippen LogP contribution in [0.3, 0.4) is 0 Å². The van der Waals surface area contributed by atoms with Crippen molar-refractivity contribution in [3.8, 4) is 0 Å². The number of carbonyl (C=O) groups is 2. The first-order valence-electron chi connectivity index (χ1n) is 8.69. The number of fused-ring (bicyclic) bond motifs is 1. The molecule has 0 aromatic carbocycles. The lowest BCUT2D eigenvalue weighted by atomic mass is 10.3. The van der Waals surface area contributed by atoms with E-state index in [-0.39, 0.29) is 11.8 Å². The first-order chi connectivity index (χ1) is 13.1. The topological polar surface area (TPSA) is 78.4 Å². The Morgan fingerprint density at radius 2 is 1.96 bits per heavy atom. The number of carbonyl (C=O) groups excluding carboxylic acids is 2. The van der Waals surface area contributed by atoms with Gasteiger partial charge in [-0.3, -0.25) is 9.59 Å². The summed E-state index contributed by atoms with van der Waals surface area (Å²) >= 11 is 3.03. The third-order valence-electron chi connectivity index (χ3n) is 4.38. The van der Waals surface area contributed by atoms with Gasteiger partial charge in [-0.25, -0.2) is 9.97 Å². The Bertz CT molecular complexity index is 942. The fraction of sp³-hybridized carbons (Fsp3) is 0.333. The van der Waals surface area contributed by atoms with E-state index in [1.54, 1.807) is 17.5 Å². The molecular weight excluding hydrogens is 382 g/mol. The molecule has 4 rings (SSSR count). The first kappa shape index (κ1) is 17.9. The molecule has 7 nitrogen and oxygen atoms in total. The maximum atomic E-state index is 12.7. The maximum absolute atomic E-state index is 12.7. The molecule has 1 fully saturated rings. The Balaban J connectivity index is 1.37. The Kier molecular flexibility index (Phi) is 5.04. The number of piperazine rings is 1. The standard InChI is InChI=1S/C18H19N5O2S2/c1-12(24)20-11-13-4-5-15(26-13)17(25)22-7-9-23(10-8-22)18-21-14-3-2-6-19-16(14)27-18/h2-6H,7-11H2,1H3,(H,20,24). The summed E-state index contributed by atoms with van der Waals surface area (Å²) in [5.74, 6) is -0.0165. The Morgan fingerprint density at radius 3 is 2.70 bits per heavy atom. The number of aromatic nitrogens is 2. The summed E-state index contributed by atoms with van der Waals surface area (Å²) < 4.78 is 0. The zero-order valence-electron chi connectivity index (χ0n) is 14.8. The highest BCUT2D eigenvalue weighted by Crippen LogP contribution is 2.28. The minimum atomic E-state index is -0.0718. The minimum absolute atomic E-state index is 0.0553. The molecule has 0 atom stereocenters. The number of nitrogens with zero attached hydrogens (tertiary/aromatic N) is 4. The van der Waals surface area contributed by atoms with E-state index < -0.39 is 0 Å². The highest BCUT2D eigenvalue weighted by molar-refractivity contribution is 7.21. The van der Waals surface area contributed by atoms with Gasteiger partial charge in [0.25, 0.3) is 5.91 Å². The van der Waals surface area contributed by atoms with Gasteiger partial charge in [0.15, 0.2) is 5.13 Å². The molecule has 0 radical (unpaired) electrons. The van der Waals surface area contributed by atoms with Crippen LogP contribution in [0.25, 0.3) is 10.3 Å². The highest BCUT2D eigenvalue weighted by atomic mass is 32.1. The number of amides is 2. The van der Waals surface area contributed by atoms with Gasteiger partial charge in [-0.1, -0.05) is 11.3 Å². The molecule has 0 bridgehead atoms. The quantitative estimate of drug-likeness (QED) is 0.726. The van der Waals surface area contributed by atoms with Gasteiger partial charge in [-0.2, -0.15) is 0 Å². The molecule has 0 saturated carbocycles. The Labute approximate surface area is 164 Å². The molecule has 0 aliphatic carbocycles. The van der Waals surface area contributed by atoms with E-state index >= 15 is 0 Å². The van der Waals surface area contributed by atoms with Crippen LogP contribution in [0.4, 0.5) is 5.13 Å². The molecule has 3 aromatic rings. The van der Waals surface area contributed by atoms with E-state index in [4.69, 9.17) is 0 Å². The van der Waals surface area contributed by atoms with Gasteiger partial charge < -0.3 is 15.1 Å². The second kappa shape index (κ2) is 7.61. The molecule has 27 heavy (non-hydrogen) atoms. The smallest absolute Gasteiger partial charge is 0.264 e. The van der Waals surface area contributed by atoms with Crippen LogP contribution >= 0.6 is 22.7 Å². The fourth-order valence-corrected chi connectivity index (χ4v) is 4.83. The zero-order chi connectivity index (χ0) is 18.8. The van der Waals surface area contributed by atoms with Gasteiger partial charge in [0, 0.05) is 44.2 Å². The molecule has 1 N–H and O–H groups in total. The summed E-state index contributed by atoms with van der Waals surface area (Å²) in [6.07, 6.45) is 1.78. The van der Waals surface area contributed by atoms with Crippen LogP contribution < -0.4 is 10.2 Å². The highest BCUT2D eigenvalue weighted by Gasteiger charge is 2.25. The van der Waals surface area contributed by atoms with Crippen molar-refractivity contribution in [2.45, 2.75) is 13.5 Å². The summed E-state index contributed by atoms with van der Waals surface area (Å²) in [7, 11) is 0. The second-order valence-corrected chi connectivity index (χ2v) is 8.40. The van der Waals surface area contributed by atoms with Crippen molar-refractivity contribution in [3.05, 3.63) is 40.2 Å². The van der Waals surface area contributed by atoms with Gasteiger partial charge >= 0.3 is 0 Å². The average Bonchev–Trinajstić information content (AvgIpc) is 3.33. The summed E-state index contributed by atoms with van der Waals surface area (Å²) in [5, 5.41) is 3.72. The van der Waals surface area contributed by atoms with Crippen LogP contribution in [0.5, 0.6) is 0 Å². The zero-order valence-corrected chi connectivity index (χ0v) is 16.5. The number of rotatable bonds is 4. The van der Waals surface area contributed by atoms with Gasteiger partial charge in [-0.15, -0.1) is 11.3 Å². The van der Waals surface area contributed by atoms with Crippen molar-refractivity contribution in [1.29, 1.82) is 0 Å². The maximum Gasteiger partial charge on any atom is 0.264 e. The lowest BCUT2D eigenvalue weighted by Crippen LogP contribution is -2.48. The number of hydrogen-bond donors (Lipinski definition) is 1. The molecule has 1 saturated heterocycles. The van der Waals surface area contributed by atoms with Crippen molar-refractivity contribution in [1.82, 2.24) is 20.2 Å². The number of pyridine rings is 1. The largest absolute Gasteiger partial charge is 0.351 e. The number of thiophene rings is 1. The van der Waals surface area contributed by atoms with Gasteiger partial charge in [0.1, 0.15) is 10.3 Å². The summed E-state index contributed by atoms with van der Waals surface area (Å²) in [4.78, 5) is 39.5. The molecule has 1 aliphatic rings. The van der Waals surface area contributed by atoms with Crippen molar-refractivity contribution in [2.75, 3.05) is 31.1 Å². The lowest BCUT2D eigenvalue weighted by Gasteiger charge is -2.34. The molecular formula is C18H19N5O2S2. The molecule has 140 valence electrons. The predicted octanol–water partition coefficient (Wildman–Crippen LogP) is 2.35. The van der Waals surface area contributed by atoms with Gasteiger partial charge in [0.2, 0.25) is 5.91 Å². The third kappa shape index (κ3) is 3.93. The molecule has 0 spiro atoms. The molecule has 3 aromatic heterocycles. The third-order valence-corrected chi connectivity index (χ3v) is 6.49. The van der Waals surface area contributed by atoms with Crippen LogP contribution in [0.15, 0.2) is 30.5 Å². The Morgan fingerprint density at radius 1 is 1.15 bits per heavy atom. The first-order valence-corrected chi connectivity index (χ1v) is 10.3. The van der Waals surface area contributed by atoms with Crippen molar-refractivity contribution in [2.24, 2.45) is 0 Å². The van der Waals surface area contributed by atoms with E-state index in [9.17, 15) is 9.59 Å². The number of thiazole rings is 1. The monoisotopic (exact) mass is 401 g/mol. The van der Waals surface area contributed by atoms with Crippen LogP contribution in [0, 0.1) is 0 Å². The van der Waals surface area contributed by atoms with Crippen molar-refractivity contribution >= 4 is 50.0 Å². The predicted molar refractivity (Wildman–Crippen MR) is 107 cm³/mol. The summed E-state index contributed by atoms with van der Waals surface area (Å²) in [6.45, 7) is 4.81. The van der Waals surface area contributed by atoms with E-state index in [1.165, 1.54) is 18.3 Å². The van der Waals surface area contributed by atoms with Crippen LogP contribution in [0.1, 0.15) is 21.5 Å². The summed E-state index contributed by atoms with van der Waals surface area (Å²) in [6, 6.07) is 7.61.